The van der Waals surface area contributed by atoms with Crippen LogP contribution in [-0.2, 0) is 4.79 Å². The number of pyridine rings is 1. The molecule has 25 heavy (non-hydrogen) atoms. The quantitative estimate of drug-likeness (QED) is 0.776. The van der Waals surface area contributed by atoms with Gasteiger partial charge in [0.15, 0.2) is 0 Å². The molecular weight excluding hydrogens is 314 g/mol. The second-order valence-corrected chi connectivity index (χ2v) is 7.82. The standard InChI is InChI=1S/C19H29N5O/c20-18-13-2-1-3-14(18)11-15(10-13)19(25)23-17-5-4-16(12-22-17)24-8-6-21-7-9-24/h4-5,12-15,18,21H,1-3,6-11,20H2,(H,22,23,25). The zero-order valence-corrected chi connectivity index (χ0v) is 14.8. The van der Waals surface area contributed by atoms with Crippen LogP contribution in [0.1, 0.15) is 32.1 Å². The highest BCUT2D eigenvalue weighted by Crippen LogP contribution is 2.42. The first-order valence-electron chi connectivity index (χ1n) is 9.69. The molecule has 1 aliphatic heterocycles. The Hall–Kier alpha value is -1.66. The Morgan fingerprint density at radius 2 is 1.92 bits per heavy atom. The minimum absolute atomic E-state index is 0.0877. The van der Waals surface area contributed by atoms with E-state index in [1.165, 1.54) is 19.3 Å². The van der Waals surface area contributed by atoms with Crippen molar-refractivity contribution in [2.24, 2.45) is 23.5 Å². The first-order valence-corrected chi connectivity index (χ1v) is 9.69. The lowest BCUT2D eigenvalue weighted by Gasteiger charge is -2.43. The first kappa shape index (κ1) is 16.8. The van der Waals surface area contributed by atoms with Gasteiger partial charge < -0.3 is 21.3 Å². The minimum Gasteiger partial charge on any atom is -0.368 e. The van der Waals surface area contributed by atoms with E-state index in [2.05, 4.69) is 26.6 Å². The van der Waals surface area contributed by atoms with Crippen LogP contribution in [0, 0.1) is 17.8 Å². The van der Waals surface area contributed by atoms with Crippen molar-refractivity contribution in [1.82, 2.24) is 10.3 Å². The van der Waals surface area contributed by atoms with Gasteiger partial charge in [-0.05, 0) is 49.7 Å². The molecule has 1 amide bonds. The number of nitrogens with one attached hydrogen (secondary N) is 2. The molecule has 6 heteroatoms. The van der Waals surface area contributed by atoms with Crippen LogP contribution >= 0.6 is 0 Å². The minimum atomic E-state index is 0.0877. The monoisotopic (exact) mass is 343 g/mol. The summed E-state index contributed by atoms with van der Waals surface area (Å²) in [6, 6.07) is 4.28. The van der Waals surface area contributed by atoms with Gasteiger partial charge in [-0.15, -0.1) is 0 Å². The molecule has 0 radical (unpaired) electrons. The zero-order valence-electron chi connectivity index (χ0n) is 14.8. The Labute approximate surface area is 149 Å². The lowest BCUT2D eigenvalue weighted by Crippen LogP contribution is -2.48. The predicted octanol–water partition coefficient (Wildman–Crippen LogP) is 1.58. The van der Waals surface area contributed by atoms with E-state index in [9.17, 15) is 4.79 Å². The molecule has 4 N–H and O–H groups in total. The van der Waals surface area contributed by atoms with Gasteiger partial charge in [0.25, 0.3) is 0 Å². The van der Waals surface area contributed by atoms with Crippen molar-refractivity contribution in [2.75, 3.05) is 36.4 Å². The van der Waals surface area contributed by atoms with E-state index in [1.54, 1.807) is 0 Å². The maximum Gasteiger partial charge on any atom is 0.228 e. The third-order valence-corrected chi connectivity index (χ3v) is 6.27. The highest BCUT2D eigenvalue weighted by atomic mass is 16.1. The Morgan fingerprint density at radius 1 is 1.20 bits per heavy atom. The smallest absolute Gasteiger partial charge is 0.228 e. The van der Waals surface area contributed by atoms with Crippen LogP contribution < -0.4 is 21.3 Å². The van der Waals surface area contributed by atoms with E-state index in [-0.39, 0.29) is 11.8 Å². The van der Waals surface area contributed by atoms with Crippen molar-refractivity contribution in [2.45, 2.75) is 38.1 Å². The maximum absolute atomic E-state index is 12.7. The zero-order chi connectivity index (χ0) is 17.2. The molecule has 2 bridgehead atoms. The van der Waals surface area contributed by atoms with Crippen LogP contribution in [-0.4, -0.2) is 43.1 Å². The van der Waals surface area contributed by atoms with Crippen molar-refractivity contribution in [1.29, 1.82) is 0 Å². The molecule has 1 saturated heterocycles. The van der Waals surface area contributed by atoms with Gasteiger partial charge in [-0.2, -0.15) is 0 Å². The molecule has 136 valence electrons. The fraction of sp³-hybridized carbons (Fsp3) is 0.684. The molecule has 2 heterocycles. The first-order chi connectivity index (χ1) is 12.2. The van der Waals surface area contributed by atoms with Gasteiger partial charge in [0.05, 0.1) is 11.9 Å². The molecular formula is C19H29N5O. The second kappa shape index (κ2) is 7.30. The molecule has 2 aliphatic carbocycles. The van der Waals surface area contributed by atoms with Gasteiger partial charge in [-0.25, -0.2) is 4.98 Å². The van der Waals surface area contributed by atoms with E-state index < -0.39 is 0 Å². The number of piperazine rings is 1. The van der Waals surface area contributed by atoms with Gasteiger partial charge in [0.1, 0.15) is 5.82 Å². The van der Waals surface area contributed by atoms with Gasteiger partial charge in [0, 0.05) is 38.1 Å². The number of nitrogens with two attached hydrogens (primary N) is 1. The van der Waals surface area contributed by atoms with Gasteiger partial charge in [-0.1, -0.05) is 6.42 Å². The molecule has 2 unspecified atom stereocenters. The molecule has 1 aromatic rings. The van der Waals surface area contributed by atoms with Crippen LogP contribution in [0.4, 0.5) is 11.5 Å². The van der Waals surface area contributed by atoms with Crippen LogP contribution in [0.25, 0.3) is 0 Å². The fourth-order valence-electron chi connectivity index (χ4n) is 4.80. The highest BCUT2D eigenvalue weighted by molar-refractivity contribution is 5.91. The Bertz CT molecular complexity index is 584. The SMILES string of the molecule is NC1C2CCCC1CC(C(=O)Nc1ccc(N3CCNCC3)cn1)C2. The van der Waals surface area contributed by atoms with Gasteiger partial charge >= 0.3 is 0 Å². The predicted molar refractivity (Wildman–Crippen MR) is 99.5 cm³/mol. The number of fused-ring (bicyclic) bond motifs is 2. The number of carbonyl (C=O) groups is 1. The molecule has 4 rings (SSSR count). The van der Waals surface area contributed by atoms with E-state index in [0.29, 0.717) is 23.7 Å². The number of nitrogens with zero attached hydrogens (tertiary/aromatic N) is 2. The summed E-state index contributed by atoms with van der Waals surface area (Å²) in [5, 5.41) is 6.37. The third kappa shape index (κ3) is 3.65. The second-order valence-electron chi connectivity index (χ2n) is 7.82. The molecule has 0 aromatic carbocycles. The molecule has 3 aliphatic rings. The maximum atomic E-state index is 12.7. The molecule has 0 spiro atoms. The Kier molecular flexibility index (Phi) is 4.90. The van der Waals surface area contributed by atoms with Crippen LogP contribution in [0.15, 0.2) is 18.3 Å². The normalized spacial score (nSPS) is 32.3. The van der Waals surface area contributed by atoms with Gasteiger partial charge in [-0.3, -0.25) is 4.79 Å². The van der Waals surface area contributed by atoms with Crippen LogP contribution in [0.2, 0.25) is 0 Å². The Balaban J connectivity index is 1.36. The van der Waals surface area contributed by atoms with Crippen molar-refractivity contribution in [3.8, 4) is 0 Å². The third-order valence-electron chi connectivity index (χ3n) is 6.27. The van der Waals surface area contributed by atoms with Crippen molar-refractivity contribution >= 4 is 17.4 Å². The van der Waals surface area contributed by atoms with E-state index >= 15 is 0 Å². The molecule has 3 fully saturated rings. The molecule has 2 saturated carbocycles. The number of rotatable bonds is 3. The van der Waals surface area contributed by atoms with Crippen molar-refractivity contribution < 1.29 is 4.79 Å². The summed E-state index contributed by atoms with van der Waals surface area (Å²) in [4.78, 5) is 19.5. The number of hydrogen-bond donors (Lipinski definition) is 3. The van der Waals surface area contributed by atoms with Crippen molar-refractivity contribution in [3.63, 3.8) is 0 Å². The summed E-state index contributed by atoms with van der Waals surface area (Å²) < 4.78 is 0. The summed E-state index contributed by atoms with van der Waals surface area (Å²) in [7, 11) is 0. The number of carbonyl (C=O) groups excluding carboxylic acids is 1. The van der Waals surface area contributed by atoms with Crippen molar-refractivity contribution in [3.05, 3.63) is 18.3 Å². The van der Waals surface area contributed by atoms with Crippen LogP contribution in [0.3, 0.4) is 0 Å². The van der Waals surface area contributed by atoms with E-state index in [4.69, 9.17) is 5.73 Å². The summed E-state index contributed by atoms with van der Waals surface area (Å²) in [5.41, 5.74) is 7.46. The highest BCUT2D eigenvalue weighted by Gasteiger charge is 2.40. The summed E-state index contributed by atoms with van der Waals surface area (Å²) in [6.45, 7) is 4.01. The molecule has 6 nitrogen and oxygen atoms in total. The lowest BCUT2D eigenvalue weighted by molar-refractivity contribution is -0.122. The summed E-state index contributed by atoms with van der Waals surface area (Å²) >= 11 is 0. The largest absolute Gasteiger partial charge is 0.368 e. The topological polar surface area (TPSA) is 83.3 Å². The molecule has 2 atom stereocenters. The van der Waals surface area contributed by atoms with Gasteiger partial charge in [0.2, 0.25) is 5.91 Å². The lowest BCUT2D eigenvalue weighted by atomic mass is 9.65. The average molecular weight is 343 g/mol. The van der Waals surface area contributed by atoms with E-state index in [0.717, 1.165) is 44.7 Å². The average Bonchev–Trinajstić information content (AvgIpc) is 2.63. The van der Waals surface area contributed by atoms with Crippen LogP contribution in [0.5, 0.6) is 0 Å². The summed E-state index contributed by atoms with van der Waals surface area (Å²) in [6.07, 6.45) is 7.36. The Morgan fingerprint density at radius 3 is 2.56 bits per heavy atom. The number of aromatic nitrogens is 1. The summed E-state index contributed by atoms with van der Waals surface area (Å²) in [5.74, 6) is 1.90. The number of anilines is 2. The number of hydrogen-bond acceptors (Lipinski definition) is 5. The molecule has 1 aromatic heterocycles. The number of amides is 1. The fourth-order valence-corrected chi connectivity index (χ4v) is 4.80. The van der Waals surface area contributed by atoms with E-state index in [1.807, 2.05) is 12.3 Å².